The zero-order chi connectivity index (χ0) is 22.9. The Kier molecular flexibility index (Phi) is 4.49. The molecule has 4 aromatic rings. The van der Waals surface area contributed by atoms with Crippen molar-refractivity contribution in [3.63, 3.8) is 0 Å². The lowest BCUT2D eigenvalue weighted by Crippen LogP contribution is -2.41. The molecule has 3 aromatic heterocycles. The molecule has 33 heavy (non-hydrogen) atoms. The summed E-state index contributed by atoms with van der Waals surface area (Å²) in [5, 5.41) is 5.16. The van der Waals surface area contributed by atoms with Gasteiger partial charge in [0.05, 0.1) is 21.6 Å². The van der Waals surface area contributed by atoms with Gasteiger partial charge in [0.2, 0.25) is 0 Å². The van der Waals surface area contributed by atoms with Crippen molar-refractivity contribution < 1.29 is 4.39 Å². The van der Waals surface area contributed by atoms with Gasteiger partial charge in [-0.05, 0) is 42.7 Å². The fraction of sp³-hybridized carbons (Fsp3) is 0.333. The quantitative estimate of drug-likeness (QED) is 0.225. The normalized spacial score (nSPS) is 22.0. The third-order valence-electron chi connectivity index (χ3n) is 6.56. The minimum absolute atomic E-state index is 0.176. The zero-order valence-electron chi connectivity index (χ0n) is 17.6. The lowest BCUT2D eigenvalue weighted by Gasteiger charge is -2.31. The van der Waals surface area contributed by atoms with Crippen LogP contribution in [0.3, 0.4) is 0 Å². The third kappa shape index (κ3) is 3.28. The van der Waals surface area contributed by atoms with E-state index in [1.165, 1.54) is 18.2 Å². The molecule has 12 heteroatoms. The molecule has 3 unspecified atom stereocenters. The number of rotatable bonds is 4. The minimum atomic E-state index is -0.600. The van der Waals surface area contributed by atoms with Crippen LogP contribution in [0.5, 0.6) is 0 Å². The Morgan fingerprint density at radius 3 is 2.73 bits per heavy atom. The lowest BCUT2D eigenvalue weighted by molar-refractivity contribution is 0.471. The van der Waals surface area contributed by atoms with Crippen molar-refractivity contribution in [1.29, 1.82) is 0 Å². The number of hydrogen-bond donors (Lipinski definition) is 5. The molecular formula is C21H21FN8O2S. The summed E-state index contributed by atoms with van der Waals surface area (Å²) in [6.45, 7) is 0.769. The van der Waals surface area contributed by atoms with Gasteiger partial charge in [0.25, 0.3) is 5.56 Å². The molecular weight excluding hydrogens is 447 g/mol. The average molecular weight is 469 g/mol. The van der Waals surface area contributed by atoms with E-state index in [0.29, 0.717) is 38.6 Å². The fourth-order valence-corrected chi connectivity index (χ4v) is 5.90. The maximum atomic E-state index is 14.4. The van der Waals surface area contributed by atoms with E-state index in [0.717, 1.165) is 42.1 Å². The molecule has 6 N–H and O–H groups in total. The lowest BCUT2D eigenvalue weighted by atomic mass is 10.0. The van der Waals surface area contributed by atoms with Gasteiger partial charge in [-0.1, -0.05) is 0 Å². The summed E-state index contributed by atoms with van der Waals surface area (Å²) in [5.41, 5.74) is 7.07. The van der Waals surface area contributed by atoms with Crippen LogP contribution in [0.15, 0.2) is 38.0 Å². The maximum Gasteiger partial charge on any atom is 0.326 e. The van der Waals surface area contributed by atoms with Gasteiger partial charge in [-0.15, -0.1) is 0 Å². The number of nitrogens with two attached hydrogens (primary N) is 1. The molecule has 1 aromatic carbocycles. The highest BCUT2D eigenvalue weighted by atomic mass is 32.2. The Bertz CT molecular complexity index is 1500. The van der Waals surface area contributed by atoms with Crippen LogP contribution in [-0.2, 0) is 0 Å². The van der Waals surface area contributed by atoms with Crippen LogP contribution < -0.4 is 27.2 Å². The first-order valence-electron chi connectivity index (χ1n) is 10.6. The molecule has 1 saturated carbocycles. The molecule has 170 valence electrons. The Morgan fingerprint density at radius 2 is 2.03 bits per heavy atom. The SMILES string of the molecule is CNc1cc(F)cc2c1[nH]c1nc(Sc3cc(=O)[nH]c(=O)[nH]3)nc(N3CC4CC3CC4N)c12. The highest BCUT2D eigenvalue weighted by Gasteiger charge is 2.44. The van der Waals surface area contributed by atoms with Crippen LogP contribution in [0, 0.1) is 11.7 Å². The van der Waals surface area contributed by atoms with Crippen molar-refractivity contribution in [2.24, 2.45) is 11.7 Å². The van der Waals surface area contributed by atoms with E-state index in [-0.39, 0.29) is 17.9 Å². The largest absolute Gasteiger partial charge is 0.386 e. The number of fused-ring (bicyclic) bond motifs is 5. The Morgan fingerprint density at radius 1 is 1.18 bits per heavy atom. The molecule has 1 aliphatic carbocycles. The summed E-state index contributed by atoms with van der Waals surface area (Å²) in [5.74, 6) is 0.728. The van der Waals surface area contributed by atoms with E-state index in [9.17, 15) is 14.0 Å². The first-order valence-corrected chi connectivity index (χ1v) is 11.5. The van der Waals surface area contributed by atoms with Crippen molar-refractivity contribution in [3.05, 3.63) is 44.9 Å². The van der Waals surface area contributed by atoms with Gasteiger partial charge in [0.15, 0.2) is 5.16 Å². The number of nitrogens with zero attached hydrogens (tertiary/aromatic N) is 3. The number of anilines is 2. The van der Waals surface area contributed by atoms with Crippen molar-refractivity contribution in [3.8, 4) is 0 Å². The van der Waals surface area contributed by atoms with Crippen LogP contribution >= 0.6 is 11.8 Å². The molecule has 1 aliphatic heterocycles. The first-order chi connectivity index (χ1) is 15.9. The molecule has 1 saturated heterocycles. The van der Waals surface area contributed by atoms with Crippen LogP contribution in [0.4, 0.5) is 15.9 Å². The molecule has 3 atom stereocenters. The maximum absolute atomic E-state index is 14.4. The number of benzene rings is 1. The minimum Gasteiger partial charge on any atom is -0.386 e. The van der Waals surface area contributed by atoms with Gasteiger partial charge in [0.1, 0.15) is 17.3 Å². The number of halogens is 1. The number of nitrogens with one attached hydrogen (secondary N) is 4. The van der Waals surface area contributed by atoms with Gasteiger partial charge in [-0.2, -0.15) is 0 Å². The highest BCUT2D eigenvalue weighted by Crippen LogP contribution is 2.44. The number of hydrogen-bond acceptors (Lipinski definition) is 8. The number of piperidine rings is 1. The average Bonchev–Trinajstić information content (AvgIpc) is 3.43. The number of aromatic nitrogens is 5. The second kappa shape index (κ2) is 7.32. The van der Waals surface area contributed by atoms with E-state index < -0.39 is 11.2 Å². The molecule has 10 nitrogen and oxygen atoms in total. The molecule has 0 amide bonds. The van der Waals surface area contributed by atoms with Crippen LogP contribution in [0.2, 0.25) is 0 Å². The van der Waals surface area contributed by atoms with Crippen molar-refractivity contribution >= 4 is 45.2 Å². The number of H-pyrrole nitrogens is 3. The van der Waals surface area contributed by atoms with Crippen LogP contribution in [-0.4, -0.2) is 50.6 Å². The molecule has 6 rings (SSSR count). The number of aromatic amines is 3. The second-order valence-electron chi connectivity index (χ2n) is 8.56. The molecule has 4 heterocycles. The standard InChI is InChI=1S/C21H21FN8O2S/c1-24-13-4-9(22)3-11-16-18(27-17(11)13)28-21(33-15-6-14(31)25-20(32)26-15)29-19(16)30-7-8-2-10(30)5-12(8)23/h3-4,6,8,10,12,24H,2,5,7,23H2,1H3,(H,27,28,29)(H2,25,26,31,32). The van der Waals surface area contributed by atoms with Gasteiger partial charge >= 0.3 is 5.69 Å². The predicted molar refractivity (Wildman–Crippen MR) is 125 cm³/mol. The second-order valence-corrected chi connectivity index (χ2v) is 9.57. The Labute approximate surface area is 190 Å². The van der Waals surface area contributed by atoms with E-state index in [1.54, 1.807) is 7.05 Å². The summed E-state index contributed by atoms with van der Waals surface area (Å²) in [7, 11) is 1.73. The van der Waals surface area contributed by atoms with Crippen molar-refractivity contribution in [2.45, 2.75) is 35.1 Å². The van der Waals surface area contributed by atoms with E-state index >= 15 is 0 Å². The van der Waals surface area contributed by atoms with Crippen LogP contribution in [0.25, 0.3) is 21.9 Å². The summed E-state index contributed by atoms with van der Waals surface area (Å²) in [6.07, 6.45) is 1.87. The van der Waals surface area contributed by atoms with E-state index in [1.807, 2.05) is 0 Å². The summed E-state index contributed by atoms with van der Waals surface area (Å²) < 4.78 is 14.4. The summed E-state index contributed by atoms with van der Waals surface area (Å²) in [4.78, 5) is 43.2. The zero-order valence-corrected chi connectivity index (χ0v) is 18.4. The monoisotopic (exact) mass is 468 g/mol. The predicted octanol–water partition coefficient (Wildman–Crippen LogP) is 1.75. The smallest absolute Gasteiger partial charge is 0.326 e. The van der Waals surface area contributed by atoms with Crippen molar-refractivity contribution in [2.75, 3.05) is 23.8 Å². The molecule has 2 bridgehead atoms. The first kappa shape index (κ1) is 20.2. The summed E-state index contributed by atoms with van der Waals surface area (Å²) in [6, 6.07) is 4.63. The third-order valence-corrected chi connectivity index (χ3v) is 7.37. The van der Waals surface area contributed by atoms with Crippen LogP contribution in [0.1, 0.15) is 12.8 Å². The van der Waals surface area contributed by atoms with Crippen molar-refractivity contribution in [1.82, 2.24) is 24.9 Å². The molecule has 0 spiro atoms. The van der Waals surface area contributed by atoms with Gasteiger partial charge < -0.3 is 25.9 Å². The topological polar surface area (TPSA) is 149 Å². The molecule has 2 fully saturated rings. The van der Waals surface area contributed by atoms with Gasteiger partial charge in [0, 0.05) is 37.1 Å². The molecule has 2 aliphatic rings. The van der Waals surface area contributed by atoms with Gasteiger partial charge in [-0.3, -0.25) is 9.78 Å². The Balaban J connectivity index is 1.57. The Hall–Kier alpha value is -3.38. The fourth-order valence-electron chi connectivity index (χ4n) is 5.13. The van der Waals surface area contributed by atoms with E-state index in [4.69, 9.17) is 10.7 Å². The summed E-state index contributed by atoms with van der Waals surface area (Å²) >= 11 is 1.09. The molecule has 0 radical (unpaired) electrons. The van der Waals surface area contributed by atoms with Gasteiger partial charge in [-0.25, -0.2) is 19.2 Å². The van der Waals surface area contributed by atoms with E-state index in [2.05, 4.69) is 30.2 Å². The highest BCUT2D eigenvalue weighted by molar-refractivity contribution is 7.99.